The van der Waals surface area contributed by atoms with Gasteiger partial charge in [0.1, 0.15) is 0 Å². The van der Waals surface area contributed by atoms with E-state index in [1.54, 1.807) is 22.1 Å². The predicted molar refractivity (Wildman–Crippen MR) is 79.9 cm³/mol. The SMILES string of the molecule is O=C(c1ccno1)N1CCC(n2cc(N3CCCC3=O)cn2)C1. The standard InChI is InChI=1S/C15H17N5O3/c21-14-2-1-6-19(14)12-8-16-20(10-12)11-4-7-18(9-11)15(22)13-3-5-17-23-13/h3,5,8,10-11H,1-2,4,6-7,9H2. The zero-order valence-corrected chi connectivity index (χ0v) is 12.6. The van der Waals surface area contributed by atoms with Crippen LogP contribution < -0.4 is 4.90 Å². The molecule has 8 heteroatoms. The van der Waals surface area contributed by atoms with Crippen molar-refractivity contribution in [3.63, 3.8) is 0 Å². The van der Waals surface area contributed by atoms with Crippen LogP contribution in [0.3, 0.4) is 0 Å². The van der Waals surface area contributed by atoms with E-state index in [9.17, 15) is 9.59 Å². The van der Waals surface area contributed by atoms with Gasteiger partial charge in [0.2, 0.25) is 11.7 Å². The largest absolute Gasteiger partial charge is 0.351 e. The fourth-order valence-corrected chi connectivity index (χ4v) is 3.21. The lowest BCUT2D eigenvalue weighted by Gasteiger charge is -2.15. The molecule has 8 nitrogen and oxygen atoms in total. The van der Waals surface area contributed by atoms with Gasteiger partial charge < -0.3 is 14.3 Å². The Bertz CT molecular complexity index is 723. The van der Waals surface area contributed by atoms with Crippen LogP contribution in [0.1, 0.15) is 35.9 Å². The summed E-state index contributed by atoms with van der Waals surface area (Å²) in [5, 5.41) is 7.95. The number of carbonyl (C=O) groups excluding carboxylic acids is 2. The lowest BCUT2D eigenvalue weighted by Crippen LogP contribution is -2.28. The molecule has 0 aliphatic carbocycles. The Hall–Kier alpha value is -2.64. The van der Waals surface area contributed by atoms with Crippen LogP contribution in [0.2, 0.25) is 0 Å². The number of rotatable bonds is 3. The van der Waals surface area contributed by atoms with Gasteiger partial charge in [-0.15, -0.1) is 0 Å². The third kappa shape index (κ3) is 2.49. The van der Waals surface area contributed by atoms with Gasteiger partial charge in [0.25, 0.3) is 5.91 Å². The van der Waals surface area contributed by atoms with Gasteiger partial charge in [-0.2, -0.15) is 5.10 Å². The minimum atomic E-state index is -0.146. The average molecular weight is 315 g/mol. The van der Waals surface area contributed by atoms with E-state index in [1.807, 2.05) is 10.9 Å². The van der Waals surface area contributed by atoms with Gasteiger partial charge >= 0.3 is 0 Å². The number of anilines is 1. The maximum Gasteiger partial charge on any atom is 0.292 e. The van der Waals surface area contributed by atoms with E-state index in [0.29, 0.717) is 19.5 Å². The first-order chi connectivity index (χ1) is 11.2. The summed E-state index contributed by atoms with van der Waals surface area (Å²) in [5.74, 6) is 0.264. The van der Waals surface area contributed by atoms with Crippen molar-refractivity contribution in [3.8, 4) is 0 Å². The monoisotopic (exact) mass is 315 g/mol. The van der Waals surface area contributed by atoms with Crippen LogP contribution in [0.5, 0.6) is 0 Å². The Labute approximate surface area is 132 Å². The minimum absolute atomic E-state index is 0.119. The highest BCUT2D eigenvalue weighted by atomic mass is 16.5. The van der Waals surface area contributed by atoms with Gasteiger partial charge in [-0.25, -0.2) is 0 Å². The third-order valence-corrected chi connectivity index (χ3v) is 4.45. The van der Waals surface area contributed by atoms with Crippen molar-refractivity contribution < 1.29 is 14.1 Å². The first-order valence-electron chi connectivity index (χ1n) is 7.77. The fraction of sp³-hybridized carbons (Fsp3) is 0.467. The van der Waals surface area contributed by atoms with Crippen molar-refractivity contribution in [2.24, 2.45) is 0 Å². The van der Waals surface area contributed by atoms with E-state index in [1.165, 1.54) is 6.20 Å². The Balaban J connectivity index is 1.45. The molecule has 0 bridgehead atoms. The van der Waals surface area contributed by atoms with Crippen molar-refractivity contribution >= 4 is 17.5 Å². The molecule has 4 rings (SSSR count). The molecule has 0 spiro atoms. The van der Waals surface area contributed by atoms with Crippen LogP contribution in [0.15, 0.2) is 29.2 Å². The second kappa shape index (κ2) is 5.53. The van der Waals surface area contributed by atoms with Gasteiger partial charge in [0.15, 0.2) is 0 Å². The predicted octanol–water partition coefficient (Wildman–Crippen LogP) is 1.09. The smallest absolute Gasteiger partial charge is 0.292 e. The van der Waals surface area contributed by atoms with Crippen LogP contribution in [0, 0.1) is 0 Å². The lowest BCUT2D eigenvalue weighted by atomic mass is 10.3. The lowest BCUT2D eigenvalue weighted by molar-refractivity contribution is -0.117. The summed E-state index contributed by atoms with van der Waals surface area (Å²) in [5.41, 5.74) is 0.840. The Morgan fingerprint density at radius 3 is 3.00 bits per heavy atom. The molecule has 23 heavy (non-hydrogen) atoms. The van der Waals surface area contributed by atoms with E-state index >= 15 is 0 Å². The molecule has 2 fully saturated rings. The first kappa shape index (κ1) is 14.0. The van der Waals surface area contributed by atoms with Gasteiger partial charge in [0, 0.05) is 38.3 Å². The summed E-state index contributed by atoms with van der Waals surface area (Å²) in [4.78, 5) is 27.6. The summed E-state index contributed by atoms with van der Waals surface area (Å²) in [6, 6.07) is 1.69. The fourth-order valence-electron chi connectivity index (χ4n) is 3.21. The van der Waals surface area contributed by atoms with Crippen molar-refractivity contribution in [1.29, 1.82) is 0 Å². The van der Waals surface area contributed by atoms with Crippen LogP contribution in [-0.4, -0.2) is 51.3 Å². The van der Waals surface area contributed by atoms with Crippen molar-refractivity contribution in [3.05, 3.63) is 30.4 Å². The van der Waals surface area contributed by atoms with Crippen LogP contribution in [-0.2, 0) is 4.79 Å². The highest BCUT2D eigenvalue weighted by Crippen LogP contribution is 2.26. The number of hydrogen-bond donors (Lipinski definition) is 0. The molecular formula is C15H17N5O3. The van der Waals surface area contributed by atoms with Crippen molar-refractivity contribution in [1.82, 2.24) is 19.8 Å². The average Bonchev–Trinajstić information content (AvgIpc) is 3.32. The normalized spacial score (nSPS) is 21.4. The van der Waals surface area contributed by atoms with Crippen LogP contribution in [0.4, 0.5) is 5.69 Å². The first-order valence-corrected chi connectivity index (χ1v) is 7.77. The van der Waals surface area contributed by atoms with Crippen LogP contribution >= 0.6 is 0 Å². The molecule has 1 unspecified atom stereocenters. The molecule has 1 atom stereocenters. The maximum absolute atomic E-state index is 12.3. The van der Waals surface area contributed by atoms with Gasteiger partial charge in [0.05, 0.1) is 24.1 Å². The number of nitrogens with zero attached hydrogens (tertiary/aromatic N) is 5. The zero-order chi connectivity index (χ0) is 15.8. The summed E-state index contributed by atoms with van der Waals surface area (Å²) >= 11 is 0. The summed E-state index contributed by atoms with van der Waals surface area (Å²) in [7, 11) is 0. The van der Waals surface area contributed by atoms with E-state index in [-0.39, 0.29) is 23.6 Å². The van der Waals surface area contributed by atoms with Crippen molar-refractivity contribution in [2.75, 3.05) is 24.5 Å². The molecule has 120 valence electrons. The molecule has 4 heterocycles. The number of carbonyl (C=O) groups is 2. The highest BCUT2D eigenvalue weighted by Gasteiger charge is 2.31. The van der Waals surface area contributed by atoms with E-state index in [0.717, 1.165) is 25.1 Å². The van der Waals surface area contributed by atoms with E-state index < -0.39 is 0 Å². The molecule has 0 aromatic carbocycles. The van der Waals surface area contributed by atoms with Gasteiger partial charge in [-0.3, -0.25) is 14.3 Å². The Morgan fingerprint density at radius 2 is 2.26 bits per heavy atom. The molecule has 2 aliphatic rings. The Kier molecular flexibility index (Phi) is 3.36. The minimum Gasteiger partial charge on any atom is -0.351 e. The topological polar surface area (TPSA) is 84.5 Å². The molecule has 0 N–H and O–H groups in total. The number of hydrogen-bond acceptors (Lipinski definition) is 5. The van der Waals surface area contributed by atoms with Gasteiger partial charge in [-0.05, 0) is 12.8 Å². The third-order valence-electron chi connectivity index (χ3n) is 4.45. The Morgan fingerprint density at radius 1 is 1.35 bits per heavy atom. The molecule has 2 aliphatic heterocycles. The molecule has 2 aromatic heterocycles. The molecule has 2 amide bonds. The van der Waals surface area contributed by atoms with Gasteiger partial charge in [-0.1, -0.05) is 5.16 Å². The molecule has 2 saturated heterocycles. The van der Waals surface area contributed by atoms with E-state index in [4.69, 9.17) is 4.52 Å². The second-order valence-corrected chi connectivity index (χ2v) is 5.90. The summed E-state index contributed by atoms with van der Waals surface area (Å²) < 4.78 is 6.78. The summed E-state index contributed by atoms with van der Waals surface area (Å²) in [6.45, 7) is 1.99. The second-order valence-electron chi connectivity index (χ2n) is 5.90. The number of likely N-dealkylation sites (tertiary alicyclic amines) is 1. The number of aromatic nitrogens is 3. The molecular weight excluding hydrogens is 298 g/mol. The highest BCUT2D eigenvalue weighted by molar-refractivity contribution is 5.95. The van der Waals surface area contributed by atoms with Crippen LogP contribution in [0.25, 0.3) is 0 Å². The molecule has 2 aromatic rings. The molecule has 0 saturated carbocycles. The molecule has 0 radical (unpaired) electrons. The quantitative estimate of drug-likeness (QED) is 0.846. The van der Waals surface area contributed by atoms with Crippen molar-refractivity contribution in [2.45, 2.75) is 25.3 Å². The summed E-state index contributed by atoms with van der Waals surface area (Å²) in [6.07, 6.45) is 7.42. The van der Waals surface area contributed by atoms with E-state index in [2.05, 4.69) is 10.3 Å². The maximum atomic E-state index is 12.3. The zero-order valence-electron chi connectivity index (χ0n) is 12.6. The number of amides is 2.